The van der Waals surface area contributed by atoms with E-state index in [2.05, 4.69) is 13.5 Å². The summed E-state index contributed by atoms with van der Waals surface area (Å²) in [5.41, 5.74) is 0. The first-order valence-electron chi connectivity index (χ1n) is 9.12. The third-order valence-electron chi connectivity index (χ3n) is 3.59. The molecule has 0 aliphatic carbocycles. The zero-order valence-corrected chi connectivity index (χ0v) is 14.8. The van der Waals surface area contributed by atoms with E-state index < -0.39 is 0 Å². The summed E-state index contributed by atoms with van der Waals surface area (Å²) in [5, 5.41) is 0. The van der Waals surface area contributed by atoms with Gasteiger partial charge in [-0.25, -0.2) is 0 Å². The summed E-state index contributed by atoms with van der Waals surface area (Å²) in [7, 11) is 0. The molecule has 23 heavy (non-hydrogen) atoms. The van der Waals surface area contributed by atoms with Crippen molar-refractivity contribution in [3.05, 3.63) is 12.7 Å². The van der Waals surface area contributed by atoms with Gasteiger partial charge in [-0.3, -0.25) is 9.59 Å². The Morgan fingerprint density at radius 2 is 1.30 bits per heavy atom. The van der Waals surface area contributed by atoms with Crippen LogP contribution in [-0.2, 0) is 19.1 Å². The fourth-order valence-electron chi connectivity index (χ4n) is 2.18. The summed E-state index contributed by atoms with van der Waals surface area (Å²) in [4.78, 5) is 22.9. The zero-order valence-electron chi connectivity index (χ0n) is 14.8. The van der Waals surface area contributed by atoms with Gasteiger partial charge in [0.15, 0.2) is 0 Å². The first kappa shape index (κ1) is 21.7. The number of carbonyl (C=O) groups excluding carboxylic acids is 2. The lowest BCUT2D eigenvalue weighted by atomic mass is 10.1. The summed E-state index contributed by atoms with van der Waals surface area (Å²) in [6.07, 6.45) is 12.9. The zero-order chi connectivity index (χ0) is 17.2. The third kappa shape index (κ3) is 16.9. The van der Waals surface area contributed by atoms with Crippen molar-refractivity contribution < 1.29 is 19.1 Å². The van der Waals surface area contributed by atoms with Gasteiger partial charge >= 0.3 is 11.9 Å². The van der Waals surface area contributed by atoms with Crippen LogP contribution in [0.5, 0.6) is 0 Å². The molecule has 4 nitrogen and oxygen atoms in total. The fourth-order valence-corrected chi connectivity index (χ4v) is 2.18. The Morgan fingerprint density at radius 1 is 0.783 bits per heavy atom. The van der Waals surface area contributed by atoms with Crippen molar-refractivity contribution in [2.24, 2.45) is 0 Å². The average molecular weight is 326 g/mol. The molecule has 0 unspecified atom stereocenters. The summed E-state index contributed by atoms with van der Waals surface area (Å²) in [6.45, 7) is 6.74. The van der Waals surface area contributed by atoms with Crippen LogP contribution in [0.1, 0.15) is 84.0 Å². The van der Waals surface area contributed by atoms with Gasteiger partial charge in [-0.15, -0.1) is 6.58 Å². The maximum atomic E-state index is 11.5. The minimum Gasteiger partial charge on any atom is -0.466 e. The summed E-state index contributed by atoms with van der Waals surface area (Å²) in [5.74, 6) is -0.454. The van der Waals surface area contributed by atoms with Crippen LogP contribution in [0.2, 0.25) is 0 Å². The number of unbranched alkanes of at least 4 members (excludes halogenated alkanes) is 7. The highest BCUT2D eigenvalue weighted by molar-refractivity contribution is 5.72. The second-order valence-electron chi connectivity index (χ2n) is 5.85. The molecule has 4 heteroatoms. The fraction of sp³-hybridized carbons (Fsp3) is 0.789. The molecule has 0 saturated heterocycles. The van der Waals surface area contributed by atoms with Crippen LogP contribution in [0.25, 0.3) is 0 Å². The average Bonchev–Trinajstić information content (AvgIpc) is 2.54. The van der Waals surface area contributed by atoms with E-state index in [4.69, 9.17) is 9.47 Å². The van der Waals surface area contributed by atoms with Crippen LogP contribution in [0.4, 0.5) is 0 Å². The molecule has 134 valence electrons. The van der Waals surface area contributed by atoms with Crippen LogP contribution < -0.4 is 0 Å². The van der Waals surface area contributed by atoms with Crippen molar-refractivity contribution in [3.8, 4) is 0 Å². The highest BCUT2D eigenvalue weighted by atomic mass is 16.5. The molecule has 0 saturated carbocycles. The smallest absolute Gasteiger partial charge is 0.305 e. The molecule has 0 aliphatic heterocycles. The third-order valence-corrected chi connectivity index (χ3v) is 3.59. The molecule has 0 aliphatic rings. The predicted molar refractivity (Wildman–Crippen MR) is 93.2 cm³/mol. The van der Waals surface area contributed by atoms with Gasteiger partial charge in [-0.2, -0.15) is 0 Å². The molecule has 0 heterocycles. The van der Waals surface area contributed by atoms with Gasteiger partial charge < -0.3 is 9.47 Å². The van der Waals surface area contributed by atoms with E-state index in [9.17, 15) is 9.59 Å². The maximum Gasteiger partial charge on any atom is 0.305 e. The van der Waals surface area contributed by atoms with E-state index in [-0.39, 0.29) is 24.8 Å². The molecule has 0 fully saturated rings. The van der Waals surface area contributed by atoms with Gasteiger partial charge in [0.25, 0.3) is 0 Å². The molecule has 0 bridgehead atoms. The maximum absolute atomic E-state index is 11.5. The number of ether oxygens (including phenoxy) is 2. The van der Waals surface area contributed by atoms with Crippen LogP contribution in [0.3, 0.4) is 0 Å². The molecule has 0 rings (SSSR count). The Kier molecular flexibility index (Phi) is 16.1. The molecule has 0 spiro atoms. The lowest BCUT2D eigenvalue weighted by molar-refractivity contribution is -0.145. The summed E-state index contributed by atoms with van der Waals surface area (Å²) in [6, 6.07) is 0. The van der Waals surface area contributed by atoms with Gasteiger partial charge in [-0.05, 0) is 25.7 Å². The lowest BCUT2D eigenvalue weighted by Crippen LogP contribution is -2.09. The van der Waals surface area contributed by atoms with Crippen LogP contribution in [0, 0.1) is 0 Å². The standard InChI is InChI=1S/C19H34O4/c1-3-5-7-8-9-10-12-17-23-19(21)15-13-14-18(20)22-16-11-6-4-2/h4H,2-3,5-17H2,1H3. The Balaban J connectivity index is 3.33. The van der Waals surface area contributed by atoms with Crippen molar-refractivity contribution in [2.45, 2.75) is 84.0 Å². The first-order chi connectivity index (χ1) is 11.2. The summed E-state index contributed by atoms with van der Waals surface area (Å²) >= 11 is 0. The highest BCUT2D eigenvalue weighted by Gasteiger charge is 2.07. The monoisotopic (exact) mass is 326 g/mol. The Hall–Kier alpha value is -1.32. The normalized spacial score (nSPS) is 10.3. The predicted octanol–water partition coefficient (Wildman–Crippen LogP) is 4.96. The second kappa shape index (κ2) is 17.0. The van der Waals surface area contributed by atoms with Gasteiger partial charge in [0, 0.05) is 12.8 Å². The topological polar surface area (TPSA) is 52.6 Å². The van der Waals surface area contributed by atoms with E-state index in [1.807, 2.05) is 0 Å². The SMILES string of the molecule is C=CCCCOC(=O)CCCC(=O)OCCCCCCCCC. The van der Waals surface area contributed by atoms with Crippen molar-refractivity contribution >= 4 is 11.9 Å². The molecular formula is C19H34O4. The molecule has 0 atom stereocenters. The molecule has 0 N–H and O–H groups in total. The minimum absolute atomic E-state index is 0.213. The highest BCUT2D eigenvalue weighted by Crippen LogP contribution is 2.07. The van der Waals surface area contributed by atoms with Gasteiger partial charge in [-0.1, -0.05) is 51.5 Å². The molecular weight excluding hydrogens is 292 g/mol. The van der Waals surface area contributed by atoms with Crippen LogP contribution >= 0.6 is 0 Å². The van der Waals surface area contributed by atoms with E-state index in [1.54, 1.807) is 6.08 Å². The van der Waals surface area contributed by atoms with Crippen molar-refractivity contribution in [1.29, 1.82) is 0 Å². The first-order valence-corrected chi connectivity index (χ1v) is 9.12. The largest absolute Gasteiger partial charge is 0.466 e. The van der Waals surface area contributed by atoms with E-state index in [0.717, 1.165) is 25.7 Å². The number of allylic oxidation sites excluding steroid dienone is 1. The molecule has 0 radical (unpaired) electrons. The van der Waals surface area contributed by atoms with Gasteiger partial charge in [0.1, 0.15) is 0 Å². The molecule has 0 aromatic carbocycles. The second-order valence-corrected chi connectivity index (χ2v) is 5.85. The molecule has 0 amide bonds. The summed E-state index contributed by atoms with van der Waals surface area (Å²) < 4.78 is 10.2. The molecule has 0 aromatic heterocycles. The van der Waals surface area contributed by atoms with Crippen molar-refractivity contribution in [2.75, 3.05) is 13.2 Å². The van der Waals surface area contributed by atoms with E-state index in [0.29, 0.717) is 19.6 Å². The number of carbonyl (C=O) groups is 2. The number of esters is 2. The quantitative estimate of drug-likeness (QED) is 0.228. The van der Waals surface area contributed by atoms with Crippen LogP contribution in [0.15, 0.2) is 12.7 Å². The Labute approximate surface area is 141 Å². The number of hydrogen-bond acceptors (Lipinski definition) is 4. The van der Waals surface area contributed by atoms with Crippen molar-refractivity contribution in [3.63, 3.8) is 0 Å². The van der Waals surface area contributed by atoms with Gasteiger partial charge in [0.05, 0.1) is 13.2 Å². The van der Waals surface area contributed by atoms with E-state index >= 15 is 0 Å². The van der Waals surface area contributed by atoms with Crippen molar-refractivity contribution in [1.82, 2.24) is 0 Å². The number of rotatable bonds is 16. The Morgan fingerprint density at radius 3 is 1.87 bits per heavy atom. The van der Waals surface area contributed by atoms with Gasteiger partial charge in [0.2, 0.25) is 0 Å². The Bertz CT molecular complexity index is 312. The molecule has 0 aromatic rings. The van der Waals surface area contributed by atoms with E-state index in [1.165, 1.54) is 32.1 Å². The minimum atomic E-state index is -0.242. The lowest BCUT2D eigenvalue weighted by Gasteiger charge is -2.05. The number of hydrogen-bond donors (Lipinski definition) is 0. The van der Waals surface area contributed by atoms with Crippen LogP contribution in [-0.4, -0.2) is 25.2 Å².